The summed E-state index contributed by atoms with van der Waals surface area (Å²) in [6.45, 7) is 3.04. The lowest BCUT2D eigenvalue weighted by Crippen LogP contribution is -2.40. The van der Waals surface area contributed by atoms with Crippen molar-refractivity contribution in [3.8, 4) is 0 Å². The Labute approximate surface area is 238 Å². The lowest BCUT2D eigenvalue weighted by molar-refractivity contribution is -0.137. The van der Waals surface area contributed by atoms with Crippen LogP contribution in [0.25, 0.3) is 10.9 Å². The zero-order chi connectivity index (χ0) is 28.8. The minimum absolute atomic E-state index is 0.0469. The topological polar surface area (TPSA) is 68.6 Å². The third-order valence-corrected chi connectivity index (χ3v) is 9.40. The molecule has 0 atom stereocenters. The van der Waals surface area contributed by atoms with Crippen LogP contribution < -0.4 is 0 Å². The Balaban J connectivity index is 1.70. The molecule has 0 saturated carbocycles. The Bertz CT molecular complexity index is 1720. The molecule has 210 valence electrons. The highest BCUT2D eigenvalue weighted by atomic mass is 35.5. The first kappa shape index (κ1) is 28.5. The minimum atomic E-state index is -4.69. The van der Waals surface area contributed by atoms with Crippen LogP contribution in [0.5, 0.6) is 0 Å². The molecule has 0 spiro atoms. The van der Waals surface area contributed by atoms with Crippen molar-refractivity contribution in [3.63, 3.8) is 0 Å². The number of aromatic nitrogens is 1. The van der Waals surface area contributed by atoms with E-state index in [0.717, 1.165) is 16.1 Å². The molecule has 0 bridgehead atoms. The van der Waals surface area contributed by atoms with Gasteiger partial charge in [0.2, 0.25) is 0 Å². The van der Waals surface area contributed by atoms with Crippen molar-refractivity contribution in [2.24, 2.45) is 0 Å². The molecule has 4 aromatic rings. The maximum atomic E-state index is 13.9. The number of fused-ring (bicyclic) bond motifs is 1. The number of benzene rings is 3. The van der Waals surface area contributed by atoms with Crippen LogP contribution in [-0.4, -0.2) is 49.5 Å². The fourth-order valence-corrected chi connectivity index (χ4v) is 6.96. The Morgan fingerprint density at radius 2 is 1.68 bits per heavy atom. The molecule has 0 N–H and O–H groups in total. The van der Waals surface area contributed by atoms with E-state index in [-0.39, 0.29) is 55.2 Å². The van der Waals surface area contributed by atoms with Crippen LogP contribution in [0.3, 0.4) is 0 Å². The molecule has 0 aliphatic carbocycles. The van der Waals surface area contributed by atoms with E-state index in [0.29, 0.717) is 31.7 Å². The third kappa shape index (κ3) is 5.21. The van der Waals surface area contributed by atoms with Crippen molar-refractivity contribution < 1.29 is 31.1 Å². The maximum absolute atomic E-state index is 13.9. The summed E-state index contributed by atoms with van der Waals surface area (Å²) in [5.41, 5.74) is -0.238. The first-order valence-corrected chi connectivity index (χ1v) is 14.5. The molecule has 1 amide bonds. The number of carbonyl (C=O) groups excluding carboxylic acids is 1. The van der Waals surface area contributed by atoms with Gasteiger partial charge in [-0.1, -0.05) is 41.4 Å². The summed E-state index contributed by atoms with van der Waals surface area (Å²) >= 11 is 13.2. The number of hydrogen-bond acceptors (Lipinski definition) is 4. The second-order valence-corrected chi connectivity index (χ2v) is 12.0. The van der Waals surface area contributed by atoms with Crippen LogP contribution in [0.1, 0.15) is 32.7 Å². The highest BCUT2D eigenvalue weighted by Crippen LogP contribution is 2.38. The lowest BCUT2D eigenvalue weighted by Gasteiger charge is -2.27. The molecule has 1 fully saturated rings. The second-order valence-electron chi connectivity index (χ2n) is 9.41. The van der Waals surface area contributed by atoms with Gasteiger partial charge in [0.25, 0.3) is 15.9 Å². The molecule has 5 rings (SSSR count). The molecule has 1 aliphatic heterocycles. The van der Waals surface area contributed by atoms with Gasteiger partial charge in [-0.05, 0) is 60.5 Å². The molecule has 2 heterocycles. The normalized spacial score (nSPS) is 14.6. The summed E-state index contributed by atoms with van der Waals surface area (Å²) in [6, 6.07) is 13.8. The van der Waals surface area contributed by atoms with E-state index < -0.39 is 21.8 Å². The largest absolute Gasteiger partial charge is 0.416 e. The number of aryl methyl sites for hydroxylation is 1. The Morgan fingerprint density at radius 1 is 1.00 bits per heavy atom. The standard InChI is InChI=1S/C28H23Cl2F3N2O4S/c1-17-13-18(28(31,32)33)14-25-22(17)15-19(35(25)40(37,38)20-5-3-2-4-6-20)16-23-24(29)8-7-21(26(23)30)27(36)34-9-11-39-12-10-34/h2-8,13-15H,9-12,16H2,1H3. The molecule has 0 unspecified atom stereocenters. The Morgan fingerprint density at radius 3 is 2.33 bits per heavy atom. The number of halogens is 5. The number of rotatable bonds is 5. The summed E-state index contributed by atoms with van der Waals surface area (Å²) in [6.07, 6.45) is -4.85. The van der Waals surface area contributed by atoms with Crippen LogP contribution in [0.4, 0.5) is 13.2 Å². The van der Waals surface area contributed by atoms with Crippen LogP contribution in [0.2, 0.25) is 10.0 Å². The maximum Gasteiger partial charge on any atom is 0.416 e. The van der Waals surface area contributed by atoms with Gasteiger partial charge in [-0.3, -0.25) is 4.79 Å². The van der Waals surface area contributed by atoms with Crippen molar-refractivity contribution in [2.75, 3.05) is 26.3 Å². The molecule has 12 heteroatoms. The number of alkyl halides is 3. The SMILES string of the molecule is Cc1cc(C(F)(F)F)cc2c1cc(Cc1c(Cl)ccc(C(=O)N3CCOCC3)c1Cl)n2S(=O)(=O)c1ccccc1. The van der Waals surface area contributed by atoms with Crippen LogP contribution in [0.15, 0.2) is 65.6 Å². The quantitative estimate of drug-likeness (QED) is 0.256. The molecule has 1 aromatic heterocycles. The number of hydrogen-bond donors (Lipinski definition) is 0. The van der Waals surface area contributed by atoms with E-state index in [1.165, 1.54) is 49.4 Å². The van der Waals surface area contributed by atoms with Crippen molar-refractivity contribution in [1.82, 2.24) is 8.87 Å². The molecule has 1 saturated heterocycles. The number of nitrogens with zero attached hydrogens (tertiary/aromatic N) is 2. The van der Waals surface area contributed by atoms with Gasteiger partial charge in [0, 0.05) is 35.6 Å². The summed E-state index contributed by atoms with van der Waals surface area (Å²) in [7, 11) is -4.35. The van der Waals surface area contributed by atoms with Gasteiger partial charge in [-0.2, -0.15) is 13.2 Å². The fourth-order valence-electron chi connectivity index (χ4n) is 4.83. The van der Waals surface area contributed by atoms with Gasteiger partial charge in [0.15, 0.2) is 0 Å². The Hall–Kier alpha value is -3.05. The van der Waals surface area contributed by atoms with E-state index in [4.69, 9.17) is 27.9 Å². The highest BCUT2D eigenvalue weighted by Gasteiger charge is 2.33. The van der Waals surface area contributed by atoms with Crippen molar-refractivity contribution in [2.45, 2.75) is 24.4 Å². The number of morpholine rings is 1. The highest BCUT2D eigenvalue weighted by molar-refractivity contribution is 7.90. The monoisotopic (exact) mass is 610 g/mol. The van der Waals surface area contributed by atoms with Gasteiger partial charge in [0.05, 0.1) is 39.8 Å². The molecule has 6 nitrogen and oxygen atoms in total. The van der Waals surface area contributed by atoms with Crippen LogP contribution in [-0.2, 0) is 27.4 Å². The van der Waals surface area contributed by atoms with Crippen LogP contribution >= 0.6 is 23.2 Å². The van der Waals surface area contributed by atoms with Crippen molar-refractivity contribution >= 4 is 50.0 Å². The number of amides is 1. The predicted molar refractivity (Wildman–Crippen MR) is 147 cm³/mol. The molecule has 3 aromatic carbocycles. The van der Waals surface area contributed by atoms with Gasteiger partial charge in [-0.25, -0.2) is 12.4 Å². The molecule has 40 heavy (non-hydrogen) atoms. The molecular formula is C28H23Cl2F3N2O4S. The number of ether oxygens (including phenoxy) is 1. The number of carbonyl (C=O) groups is 1. The van der Waals surface area contributed by atoms with E-state index >= 15 is 0 Å². The van der Waals surface area contributed by atoms with E-state index in [9.17, 15) is 26.4 Å². The first-order valence-electron chi connectivity index (χ1n) is 12.3. The smallest absolute Gasteiger partial charge is 0.378 e. The second kappa shape index (κ2) is 10.7. The minimum Gasteiger partial charge on any atom is -0.378 e. The van der Waals surface area contributed by atoms with Gasteiger partial charge >= 0.3 is 6.18 Å². The zero-order valence-corrected chi connectivity index (χ0v) is 23.5. The summed E-state index contributed by atoms with van der Waals surface area (Å²) in [4.78, 5) is 14.7. The average Bonchev–Trinajstić information content (AvgIpc) is 3.31. The van der Waals surface area contributed by atoms with E-state index in [1.54, 1.807) is 11.0 Å². The third-order valence-electron chi connectivity index (χ3n) is 6.84. The zero-order valence-electron chi connectivity index (χ0n) is 21.1. The van der Waals surface area contributed by atoms with E-state index in [1.807, 2.05) is 0 Å². The van der Waals surface area contributed by atoms with Gasteiger partial charge in [0.1, 0.15) is 0 Å². The van der Waals surface area contributed by atoms with Gasteiger partial charge in [-0.15, -0.1) is 0 Å². The Kier molecular flexibility index (Phi) is 7.64. The van der Waals surface area contributed by atoms with E-state index in [2.05, 4.69) is 0 Å². The van der Waals surface area contributed by atoms with Gasteiger partial charge < -0.3 is 9.64 Å². The van der Waals surface area contributed by atoms with Crippen molar-refractivity contribution in [3.05, 3.63) is 98.7 Å². The van der Waals surface area contributed by atoms with Crippen LogP contribution in [0, 0.1) is 6.92 Å². The summed E-state index contributed by atoms with van der Waals surface area (Å²) in [5, 5.41) is 0.561. The molecular weight excluding hydrogens is 588 g/mol. The molecule has 0 radical (unpaired) electrons. The summed E-state index contributed by atoms with van der Waals surface area (Å²) < 4.78 is 75.2. The summed E-state index contributed by atoms with van der Waals surface area (Å²) in [5.74, 6) is -0.325. The fraction of sp³-hybridized carbons (Fsp3) is 0.250. The molecule has 1 aliphatic rings. The first-order chi connectivity index (χ1) is 18.9. The lowest BCUT2D eigenvalue weighted by atomic mass is 10.0. The predicted octanol–water partition coefficient (Wildman–Crippen LogP) is 6.58. The van der Waals surface area contributed by atoms with Crippen molar-refractivity contribution in [1.29, 1.82) is 0 Å². The average molecular weight is 611 g/mol.